The van der Waals surface area contributed by atoms with Gasteiger partial charge in [-0.05, 0) is 6.92 Å². The van der Waals surface area contributed by atoms with E-state index in [-0.39, 0.29) is 6.10 Å². The van der Waals surface area contributed by atoms with Crippen molar-refractivity contribution in [3.8, 4) is 24.9 Å². The van der Waals surface area contributed by atoms with Gasteiger partial charge in [0, 0.05) is 0 Å². The lowest BCUT2D eigenvalue weighted by molar-refractivity contribution is -0.0316. The third-order valence-electron chi connectivity index (χ3n) is 1.58. The van der Waals surface area contributed by atoms with Crippen LogP contribution in [0.5, 0.6) is 0 Å². The van der Waals surface area contributed by atoms with Gasteiger partial charge in [0.25, 0.3) is 0 Å². The van der Waals surface area contributed by atoms with Crippen LogP contribution < -0.4 is 0 Å². The van der Waals surface area contributed by atoms with Crippen molar-refractivity contribution < 1.29 is 18.9 Å². The summed E-state index contributed by atoms with van der Waals surface area (Å²) in [5.41, 5.74) is 0. The third kappa shape index (κ3) is 10.9. The van der Waals surface area contributed by atoms with Gasteiger partial charge in [0.05, 0.1) is 32.5 Å². The zero-order valence-electron chi connectivity index (χ0n) is 9.61. The standard InChI is InChI=1S/C12H18O4/c1-4-6-14-9-10-16-12(3)11-15-8-7-13-5-2/h1-2,12H,6-11H2,3H3. The molecule has 0 spiro atoms. The quantitative estimate of drug-likeness (QED) is 0.405. The first-order valence-electron chi connectivity index (χ1n) is 5.09. The van der Waals surface area contributed by atoms with E-state index in [2.05, 4.69) is 16.8 Å². The maximum Gasteiger partial charge on any atom is 0.123 e. The van der Waals surface area contributed by atoms with Crippen molar-refractivity contribution in [2.24, 2.45) is 0 Å². The van der Waals surface area contributed by atoms with Crippen LogP contribution in [0.2, 0.25) is 0 Å². The zero-order chi connectivity index (χ0) is 12.1. The summed E-state index contributed by atoms with van der Waals surface area (Å²) in [6.45, 7) is 4.60. The van der Waals surface area contributed by atoms with Crippen LogP contribution in [-0.2, 0) is 18.9 Å². The Morgan fingerprint density at radius 2 is 1.81 bits per heavy atom. The molecule has 1 unspecified atom stereocenters. The molecule has 1 atom stereocenters. The Labute approximate surface area is 97.2 Å². The van der Waals surface area contributed by atoms with Crippen molar-refractivity contribution in [3.05, 3.63) is 0 Å². The van der Waals surface area contributed by atoms with Crippen LogP contribution in [0, 0.1) is 24.9 Å². The summed E-state index contributed by atoms with van der Waals surface area (Å²) in [5, 5.41) is 0. The highest BCUT2D eigenvalue weighted by Crippen LogP contribution is 1.92. The van der Waals surface area contributed by atoms with Crippen LogP contribution in [0.4, 0.5) is 0 Å². The molecule has 0 aliphatic carbocycles. The van der Waals surface area contributed by atoms with Crippen LogP contribution in [0.1, 0.15) is 6.92 Å². The molecule has 0 aromatic heterocycles. The third-order valence-corrected chi connectivity index (χ3v) is 1.58. The summed E-state index contributed by atoms with van der Waals surface area (Å²) >= 11 is 0. The number of hydrogen-bond acceptors (Lipinski definition) is 4. The van der Waals surface area contributed by atoms with E-state index >= 15 is 0 Å². The molecule has 0 aliphatic rings. The Hall–Kier alpha value is -1.20. The fourth-order valence-corrected chi connectivity index (χ4v) is 0.896. The molecule has 0 N–H and O–H groups in total. The monoisotopic (exact) mass is 226 g/mol. The van der Waals surface area contributed by atoms with E-state index in [4.69, 9.17) is 27.1 Å². The van der Waals surface area contributed by atoms with Gasteiger partial charge < -0.3 is 18.9 Å². The number of ether oxygens (including phenoxy) is 4. The lowest BCUT2D eigenvalue weighted by atomic mass is 10.4. The van der Waals surface area contributed by atoms with Crippen molar-refractivity contribution in [3.63, 3.8) is 0 Å². The van der Waals surface area contributed by atoms with Gasteiger partial charge in [-0.1, -0.05) is 12.3 Å². The average molecular weight is 226 g/mol. The molecule has 0 fully saturated rings. The van der Waals surface area contributed by atoms with Crippen molar-refractivity contribution in [1.29, 1.82) is 0 Å². The van der Waals surface area contributed by atoms with Crippen LogP contribution >= 0.6 is 0 Å². The van der Waals surface area contributed by atoms with E-state index < -0.39 is 0 Å². The second-order valence-electron chi connectivity index (χ2n) is 2.98. The van der Waals surface area contributed by atoms with Gasteiger partial charge in [-0.2, -0.15) is 0 Å². The summed E-state index contributed by atoms with van der Waals surface area (Å²) in [5.74, 6) is 2.38. The molecule has 0 bridgehead atoms. The second kappa shape index (κ2) is 11.9. The van der Waals surface area contributed by atoms with Crippen LogP contribution in [0.25, 0.3) is 0 Å². The molecule has 0 rings (SSSR count). The van der Waals surface area contributed by atoms with Crippen molar-refractivity contribution in [1.82, 2.24) is 0 Å². The fourth-order valence-electron chi connectivity index (χ4n) is 0.896. The highest BCUT2D eigenvalue weighted by Gasteiger charge is 2.01. The highest BCUT2D eigenvalue weighted by molar-refractivity contribution is 4.82. The van der Waals surface area contributed by atoms with Crippen LogP contribution in [-0.4, -0.2) is 45.7 Å². The molecule has 0 radical (unpaired) electrons. The second-order valence-corrected chi connectivity index (χ2v) is 2.98. The largest absolute Gasteiger partial charge is 0.444 e. The van der Waals surface area contributed by atoms with Crippen molar-refractivity contribution in [2.75, 3.05) is 39.6 Å². The molecule has 90 valence electrons. The topological polar surface area (TPSA) is 36.9 Å². The molecule has 4 nitrogen and oxygen atoms in total. The Morgan fingerprint density at radius 3 is 2.50 bits per heavy atom. The van der Waals surface area contributed by atoms with Crippen LogP contribution in [0.15, 0.2) is 0 Å². The molecule has 0 aliphatic heterocycles. The number of rotatable bonds is 10. The first-order chi connectivity index (χ1) is 7.81. The maximum atomic E-state index is 5.40. The molecule has 0 saturated carbocycles. The summed E-state index contributed by atoms with van der Waals surface area (Å²) in [7, 11) is 0. The predicted octanol–water partition coefficient (Wildman–Crippen LogP) is 0.665. The Bertz CT molecular complexity index is 202. The molecular weight excluding hydrogens is 208 g/mol. The highest BCUT2D eigenvalue weighted by atomic mass is 16.6. The van der Waals surface area contributed by atoms with Gasteiger partial charge >= 0.3 is 0 Å². The van der Waals surface area contributed by atoms with Gasteiger partial charge in [-0.25, -0.2) is 0 Å². The molecule has 0 saturated heterocycles. The van der Waals surface area contributed by atoms with Gasteiger partial charge in [0.1, 0.15) is 19.3 Å². The Morgan fingerprint density at radius 1 is 1.06 bits per heavy atom. The van der Waals surface area contributed by atoms with E-state index in [1.165, 1.54) is 0 Å². The minimum atomic E-state index is 0.0141. The first kappa shape index (κ1) is 14.8. The fraction of sp³-hybridized carbons (Fsp3) is 0.667. The smallest absolute Gasteiger partial charge is 0.123 e. The molecule has 0 heterocycles. The van der Waals surface area contributed by atoms with Gasteiger partial charge in [-0.15, -0.1) is 6.42 Å². The van der Waals surface area contributed by atoms with Gasteiger partial charge in [0.2, 0.25) is 0 Å². The van der Waals surface area contributed by atoms with E-state index in [1.807, 2.05) is 6.92 Å². The molecule has 16 heavy (non-hydrogen) atoms. The van der Waals surface area contributed by atoms with Gasteiger partial charge in [0.15, 0.2) is 0 Å². The van der Waals surface area contributed by atoms with E-state index in [9.17, 15) is 0 Å². The summed E-state index contributed by atoms with van der Waals surface area (Å²) < 4.78 is 20.4. The van der Waals surface area contributed by atoms with E-state index in [0.29, 0.717) is 39.6 Å². The Kier molecular flexibility index (Phi) is 11.0. The molecule has 0 aromatic rings. The van der Waals surface area contributed by atoms with Crippen molar-refractivity contribution >= 4 is 0 Å². The zero-order valence-corrected chi connectivity index (χ0v) is 9.61. The molecular formula is C12H18O4. The molecule has 0 aromatic carbocycles. The van der Waals surface area contributed by atoms with Crippen LogP contribution in [0.3, 0.4) is 0 Å². The summed E-state index contributed by atoms with van der Waals surface area (Å²) in [4.78, 5) is 0. The molecule has 4 heteroatoms. The van der Waals surface area contributed by atoms with Crippen molar-refractivity contribution in [2.45, 2.75) is 13.0 Å². The Balaban J connectivity index is 3.16. The number of terminal acetylenes is 2. The number of hydrogen-bond donors (Lipinski definition) is 0. The summed E-state index contributed by atoms with van der Waals surface area (Å²) in [6.07, 6.45) is 12.0. The predicted molar refractivity (Wildman–Crippen MR) is 60.7 cm³/mol. The summed E-state index contributed by atoms with van der Waals surface area (Å²) in [6, 6.07) is 0. The molecule has 0 amide bonds. The minimum absolute atomic E-state index is 0.0141. The van der Waals surface area contributed by atoms with Gasteiger partial charge in [-0.3, -0.25) is 0 Å². The first-order valence-corrected chi connectivity index (χ1v) is 5.09. The van der Waals surface area contributed by atoms with E-state index in [1.54, 1.807) is 0 Å². The lowest BCUT2D eigenvalue weighted by Gasteiger charge is -2.12. The maximum absolute atomic E-state index is 5.40. The average Bonchev–Trinajstić information content (AvgIpc) is 2.28. The van der Waals surface area contributed by atoms with E-state index in [0.717, 1.165) is 0 Å². The SMILES string of the molecule is C#CCOCCOC(C)COCCOC#C. The lowest BCUT2D eigenvalue weighted by Crippen LogP contribution is -2.19. The minimum Gasteiger partial charge on any atom is -0.444 e. The normalized spacial score (nSPS) is 11.4.